The van der Waals surface area contributed by atoms with Gasteiger partial charge < -0.3 is 28.6 Å². The third-order valence-electron chi connectivity index (χ3n) is 10.7. The van der Waals surface area contributed by atoms with Crippen LogP contribution >= 0.6 is 0 Å². The van der Waals surface area contributed by atoms with E-state index in [1.807, 2.05) is 0 Å². The van der Waals surface area contributed by atoms with E-state index in [-0.39, 0.29) is 49.1 Å². The highest BCUT2D eigenvalue weighted by Gasteiger charge is 2.25. The molecule has 0 saturated carbocycles. The van der Waals surface area contributed by atoms with E-state index >= 15 is 0 Å². The molecule has 0 N–H and O–H groups in total. The minimum Gasteiger partial charge on any atom is -0.544 e. The first-order valence-electron chi connectivity index (χ1n) is 25.3. The molecule has 0 bridgehead atoms. The number of likely N-dealkylation sites (N-methyl/N-ethyl adjacent to an activating group) is 1. The fourth-order valence-corrected chi connectivity index (χ4v) is 6.82. The zero-order valence-electron chi connectivity index (χ0n) is 41.4. The highest BCUT2D eigenvalue weighted by atomic mass is 16.6. The fourth-order valence-electron chi connectivity index (χ4n) is 6.82. The number of rotatable bonds is 44. The zero-order chi connectivity index (χ0) is 47.0. The number of carboxylic acid groups (broad SMARTS) is 1. The SMILES string of the molecule is CC/C=C/C/C=C/C/C=C/C/C=C/CCCCCCCCCCCCC(=O)OCC(COCCC(C(=O)[O-])[N+](C)(C)C)OC(=O)CCC/C=C/C/C=C/C/C=C/C/C=C/CCCCC. The second-order valence-corrected chi connectivity index (χ2v) is 17.7. The Morgan fingerprint density at radius 1 is 0.484 bits per heavy atom. The van der Waals surface area contributed by atoms with Gasteiger partial charge in [-0.2, -0.15) is 0 Å². The highest BCUT2D eigenvalue weighted by Crippen LogP contribution is 2.14. The summed E-state index contributed by atoms with van der Waals surface area (Å²) in [5.74, 6) is -1.82. The maximum atomic E-state index is 12.7. The normalized spacial score (nSPS) is 13.7. The van der Waals surface area contributed by atoms with Gasteiger partial charge in [0.2, 0.25) is 0 Å². The van der Waals surface area contributed by atoms with Crippen LogP contribution in [0.1, 0.15) is 187 Å². The molecule has 0 rings (SSSR count). The number of carbonyl (C=O) groups is 3. The highest BCUT2D eigenvalue weighted by molar-refractivity contribution is 5.70. The predicted molar refractivity (Wildman–Crippen MR) is 268 cm³/mol. The quantitative estimate of drug-likeness (QED) is 0.0260. The lowest BCUT2D eigenvalue weighted by Crippen LogP contribution is -2.55. The summed E-state index contributed by atoms with van der Waals surface area (Å²) in [6.07, 6.45) is 61.6. The number of hydrogen-bond donors (Lipinski definition) is 0. The minimum absolute atomic E-state index is 0.0123. The number of allylic oxidation sites excluding steroid dienone is 16. The van der Waals surface area contributed by atoms with Gasteiger partial charge in [-0.1, -0.05) is 175 Å². The summed E-state index contributed by atoms with van der Waals surface area (Å²) >= 11 is 0. The first-order valence-corrected chi connectivity index (χ1v) is 25.3. The van der Waals surface area contributed by atoms with E-state index in [1.54, 1.807) is 21.1 Å². The largest absolute Gasteiger partial charge is 0.544 e. The van der Waals surface area contributed by atoms with E-state index in [4.69, 9.17) is 14.2 Å². The Balaban J connectivity index is 4.33. The van der Waals surface area contributed by atoms with Gasteiger partial charge in [0.1, 0.15) is 12.6 Å². The van der Waals surface area contributed by atoms with Crippen LogP contribution in [0, 0.1) is 0 Å². The van der Waals surface area contributed by atoms with Gasteiger partial charge in [0.25, 0.3) is 0 Å². The molecule has 0 fully saturated rings. The van der Waals surface area contributed by atoms with E-state index < -0.39 is 18.1 Å². The molecule has 0 saturated heterocycles. The van der Waals surface area contributed by atoms with Crippen LogP contribution in [0.2, 0.25) is 0 Å². The van der Waals surface area contributed by atoms with Crippen molar-refractivity contribution < 1.29 is 38.2 Å². The van der Waals surface area contributed by atoms with Gasteiger partial charge in [0.15, 0.2) is 6.10 Å². The van der Waals surface area contributed by atoms with Crippen molar-refractivity contribution >= 4 is 17.9 Å². The second kappa shape index (κ2) is 45.8. The molecule has 0 heterocycles. The van der Waals surface area contributed by atoms with Crippen molar-refractivity contribution in [2.75, 3.05) is 41.0 Å². The number of esters is 2. The van der Waals surface area contributed by atoms with Gasteiger partial charge in [-0.25, -0.2) is 0 Å². The molecule has 2 atom stereocenters. The second-order valence-electron chi connectivity index (χ2n) is 17.7. The van der Waals surface area contributed by atoms with Crippen LogP contribution in [0.5, 0.6) is 0 Å². The number of ether oxygens (including phenoxy) is 3. The van der Waals surface area contributed by atoms with Crippen LogP contribution in [0.3, 0.4) is 0 Å². The number of aliphatic carboxylic acids is 1. The molecule has 0 radical (unpaired) electrons. The lowest BCUT2D eigenvalue weighted by Gasteiger charge is -2.34. The van der Waals surface area contributed by atoms with Gasteiger partial charge in [-0.3, -0.25) is 9.59 Å². The molecule has 8 heteroatoms. The standard InChI is InChI=1S/C56H93NO7/c1-6-8-10-12-14-16-18-20-22-24-25-26-27-28-29-31-32-34-36-38-40-42-44-46-54(58)63-51-52(50-62-49-48-53(56(60)61)57(3,4)5)64-55(59)47-45-43-41-39-37-35-33-30-23-21-19-17-15-13-11-9-7-2/h8,10,14-17,20-23,25-26,33,35,39,41,52-53H,6-7,9,11-13,18-19,24,27-32,34,36-38,40,42-51H2,1-5H3/b10-8+,16-14+,17-15+,22-20+,23-21+,26-25+,35-33+,41-39+. The first kappa shape index (κ1) is 60.2. The monoisotopic (exact) mass is 892 g/mol. The maximum Gasteiger partial charge on any atom is 0.306 e. The minimum atomic E-state index is -1.14. The summed E-state index contributed by atoms with van der Waals surface area (Å²) in [4.78, 5) is 37.0. The zero-order valence-corrected chi connectivity index (χ0v) is 41.4. The number of hydrogen-bond acceptors (Lipinski definition) is 7. The molecule has 0 amide bonds. The fraction of sp³-hybridized carbons (Fsp3) is 0.661. The average molecular weight is 892 g/mol. The smallest absolute Gasteiger partial charge is 0.306 e. The maximum absolute atomic E-state index is 12.7. The van der Waals surface area contributed by atoms with Gasteiger partial charge in [-0.05, 0) is 89.9 Å². The topological polar surface area (TPSA) is 102 Å². The van der Waals surface area contributed by atoms with E-state index in [9.17, 15) is 19.5 Å². The van der Waals surface area contributed by atoms with E-state index in [1.165, 1.54) is 70.6 Å². The Morgan fingerprint density at radius 3 is 1.34 bits per heavy atom. The van der Waals surface area contributed by atoms with Gasteiger partial charge >= 0.3 is 11.9 Å². The van der Waals surface area contributed by atoms with Crippen molar-refractivity contribution in [1.82, 2.24) is 0 Å². The summed E-state index contributed by atoms with van der Waals surface area (Å²) in [6, 6.07) is -0.742. The van der Waals surface area contributed by atoms with Crippen LogP contribution < -0.4 is 5.11 Å². The number of unbranched alkanes of at least 4 members (excludes halogenated alkanes) is 14. The van der Waals surface area contributed by atoms with Crippen LogP contribution in [-0.2, 0) is 28.6 Å². The van der Waals surface area contributed by atoms with Crippen molar-refractivity contribution in [3.8, 4) is 0 Å². The van der Waals surface area contributed by atoms with E-state index in [2.05, 4.69) is 111 Å². The molecule has 0 aliphatic carbocycles. The molecule has 0 aliphatic heterocycles. The predicted octanol–water partition coefficient (Wildman–Crippen LogP) is 13.3. The van der Waals surface area contributed by atoms with Crippen LogP contribution in [-0.4, -0.2) is 75.5 Å². The molecule has 364 valence electrons. The summed E-state index contributed by atoms with van der Waals surface area (Å²) in [5.41, 5.74) is 0. The average Bonchev–Trinajstić information content (AvgIpc) is 3.26. The number of carbonyl (C=O) groups excluding carboxylic acids is 3. The molecule has 0 spiro atoms. The molecule has 64 heavy (non-hydrogen) atoms. The molecule has 0 aliphatic rings. The van der Waals surface area contributed by atoms with Crippen molar-refractivity contribution in [3.05, 3.63) is 97.2 Å². The Kier molecular flexibility index (Phi) is 43.1. The van der Waals surface area contributed by atoms with E-state index in [0.29, 0.717) is 12.8 Å². The summed E-state index contributed by atoms with van der Waals surface area (Å²) in [7, 11) is 5.39. The summed E-state index contributed by atoms with van der Waals surface area (Å²) in [6.45, 7) is 4.45. The van der Waals surface area contributed by atoms with Crippen molar-refractivity contribution in [3.63, 3.8) is 0 Å². The molecule has 2 unspecified atom stereocenters. The third kappa shape index (κ3) is 43.5. The number of carboxylic acids is 1. The molecule has 0 aromatic carbocycles. The van der Waals surface area contributed by atoms with Crippen molar-refractivity contribution in [2.24, 2.45) is 0 Å². The van der Waals surface area contributed by atoms with Crippen LogP contribution in [0.25, 0.3) is 0 Å². The Labute approximate surface area is 392 Å². The van der Waals surface area contributed by atoms with Gasteiger partial charge in [0, 0.05) is 19.3 Å². The Hall–Kier alpha value is -3.75. The van der Waals surface area contributed by atoms with Crippen molar-refractivity contribution in [1.29, 1.82) is 0 Å². The first-order chi connectivity index (χ1) is 31.1. The van der Waals surface area contributed by atoms with Crippen LogP contribution in [0.4, 0.5) is 0 Å². The Bertz CT molecular complexity index is 1360. The van der Waals surface area contributed by atoms with Crippen LogP contribution in [0.15, 0.2) is 97.2 Å². The van der Waals surface area contributed by atoms with Crippen molar-refractivity contribution in [2.45, 2.75) is 199 Å². The lowest BCUT2D eigenvalue weighted by molar-refractivity contribution is -0.889. The third-order valence-corrected chi connectivity index (χ3v) is 10.7. The molecule has 8 nitrogen and oxygen atoms in total. The van der Waals surface area contributed by atoms with E-state index in [0.717, 1.165) is 77.0 Å². The summed E-state index contributed by atoms with van der Waals surface area (Å²) in [5, 5.41) is 11.7. The van der Waals surface area contributed by atoms with Gasteiger partial charge in [-0.15, -0.1) is 0 Å². The van der Waals surface area contributed by atoms with Gasteiger partial charge in [0.05, 0.1) is 40.3 Å². The number of quaternary nitrogens is 1. The lowest BCUT2D eigenvalue weighted by atomic mass is 10.1. The molecular weight excluding hydrogens is 799 g/mol. The molecular formula is C56H93NO7. The number of nitrogens with zero attached hydrogens (tertiary/aromatic N) is 1. The molecule has 0 aromatic heterocycles. The molecule has 0 aromatic rings. The Morgan fingerprint density at radius 2 is 0.891 bits per heavy atom. The summed E-state index contributed by atoms with van der Waals surface area (Å²) < 4.78 is 17.2.